The first-order valence-corrected chi connectivity index (χ1v) is 9.04. The molecule has 2 rings (SSSR count). The highest BCUT2D eigenvalue weighted by Crippen LogP contribution is 2.08. The molecule has 0 saturated carbocycles. The van der Waals surface area contributed by atoms with Gasteiger partial charge in [0.1, 0.15) is 0 Å². The van der Waals surface area contributed by atoms with Crippen LogP contribution in [0.25, 0.3) is 0 Å². The number of halogens is 1. The Bertz CT molecular complexity index is 850. The number of carbonyl (C=O) groups excluding carboxylic acids is 2. The molecule has 0 aliphatic rings. The van der Waals surface area contributed by atoms with Gasteiger partial charge in [-0.05, 0) is 41.8 Å². The first-order chi connectivity index (χ1) is 13.4. The summed E-state index contributed by atoms with van der Waals surface area (Å²) in [4.78, 5) is 28.9. The van der Waals surface area contributed by atoms with Gasteiger partial charge < -0.3 is 21.3 Å². The summed E-state index contributed by atoms with van der Waals surface area (Å²) in [6, 6.07) is 14.8. The Hall–Kier alpha value is -2.62. The fraction of sp³-hybridized carbons (Fsp3) is 0.286. The number of rotatable bonds is 7. The Kier molecular flexibility index (Phi) is 10.1. The van der Waals surface area contributed by atoms with Crippen molar-refractivity contribution in [3.05, 3.63) is 70.8 Å². The van der Waals surface area contributed by atoms with E-state index in [-0.39, 0.29) is 29.9 Å². The van der Waals surface area contributed by atoms with Crippen molar-refractivity contribution >= 4 is 41.8 Å². The van der Waals surface area contributed by atoms with Crippen LogP contribution in [-0.2, 0) is 13.0 Å². The van der Waals surface area contributed by atoms with Gasteiger partial charge in [0.2, 0.25) is 5.91 Å². The van der Waals surface area contributed by atoms with E-state index in [9.17, 15) is 9.59 Å². The van der Waals surface area contributed by atoms with E-state index in [0.29, 0.717) is 30.2 Å². The molecule has 0 unspecified atom stereocenters. The second-order valence-corrected chi connectivity index (χ2v) is 6.56. The van der Waals surface area contributed by atoms with Crippen molar-refractivity contribution in [1.82, 2.24) is 15.5 Å². The van der Waals surface area contributed by atoms with E-state index in [2.05, 4.69) is 15.6 Å². The van der Waals surface area contributed by atoms with Crippen LogP contribution in [-0.4, -0.2) is 50.4 Å². The van der Waals surface area contributed by atoms with Crippen molar-refractivity contribution in [3.8, 4) is 0 Å². The standard InChI is InChI=1S/C21H27N5O2.HI/c1-23-21(25-14-16-7-9-17(10-8-16)19(22)27)24-12-11-15-5-4-6-18(13-15)20(28)26(2)3;/h4-10,13H,11-12,14H2,1-3H3,(H2,22,27)(H2,23,24,25);1H. The van der Waals surface area contributed by atoms with Gasteiger partial charge in [-0.25, -0.2) is 0 Å². The van der Waals surface area contributed by atoms with Crippen LogP contribution in [0.1, 0.15) is 31.8 Å². The fourth-order valence-electron chi connectivity index (χ4n) is 2.64. The molecule has 0 atom stereocenters. The Morgan fingerprint density at radius 2 is 1.69 bits per heavy atom. The number of hydrogen-bond acceptors (Lipinski definition) is 3. The molecular weight excluding hydrogens is 481 g/mol. The molecule has 0 bridgehead atoms. The van der Waals surface area contributed by atoms with E-state index in [1.54, 1.807) is 38.2 Å². The third kappa shape index (κ3) is 7.72. The number of nitrogens with two attached hydrogens (primary N) is 1. The van der Waals surface area contributed by atoms with E-state index in [1.165, 1.54) is 0 Å². The fourth-order valence-corrected chi connectivity index (χ4v) is 2.64. The number of nitrogens with zero attached hydrogens (tertiary/aromatic N) is 2. The topological polar surface area (TPSA) is 99.8 Å². The van der Waals surface area contributed by atoms with Crippen LogP contribution in [0.3, 0.4) is 0 Å². The molecule has 0 radical (unpaired) electrons. The maximum Gasteiger partial charge on any atom is 0.253 e. The van der Waals surface area contributed by atoms with Gasteiger partial charge in [-0.2, -0.15) is 0 Å². The van der Waals surface area contributed by atoms with Crippen LogP contribution in [0, 0.1) is 0 Å². The van der Waals surface area contributed by atoms with Crippen molar-refractivity contribution in [2.45, 2.75) is 13.0 Å². The summed E-state index contributed by atoms with van der Waals surface area (Å²) in [5, 5.41) is 6.49. The number of primary amides is 1. The molecule has 29 heavy (non-hydrogen) atoms. The van der Waals surface area contributed by atoms with Crippen LogP contribution in [0.15, 0.2) is 53.5 Å². The Balaban J connectivity index is 0.00000420. The molecule has 0 heterocycles. The molecule has 2 aromatic carbocycles. The number of aliphatic imine (C=N–C) groups is 1. The summed E-state index contributed by atoms with van der Waals surface area (Å²) >= 11 is 0. The van der Waals surface area contributed by atoms with Crippen LogP contribution in [0.2, 0.25) is 0 Å². The first kappa shape index (κ1) is 24.4. The van der Waals surface area contributed by atoms with E-state index >= 15 is 0 Å². The normalized spacial score (nSPS) is 10.7. The summed E-state index contributed by atoms with van der Waals surface area (Å²) in [5.74, 6) is 0.238. The SMILES string of the molecule is CN=C(NCCc1cccc(C(=O)N(C)C)c1)NCc1ccc(C(N)=O)cc1.I. The summed E-state index contributed by atoms with van der Waals surface area (Å²) in [7, 11) is 5.20. The van der Waals surface area contributed by atoms with Crippen molar-refractivity contribution in [1.29, 1.82) is 0 Å². The van der Waals surface area contributed by atoms with Crippen molar-refractivity contribution in [2.24, 2.45) is 10.7 Å². The second-order valence-electron chi connectivity index (χ2n) is 6.56. The summed E-state index contributed by atoms with van der Waals surface area (Å²) in [5.41, 5.74) is 8.52. The Morgan fingerprint density at radius 3 is 2.28 bits per heavy atom. The molecule has 8 heteroatoms. The van der Waals surface area contributed by atoms with Gasteiger partial charge in [-0.15, -0.1) is 24.0 Å². The molecule has 156 valence electrons. The van der Waals surface area contributed by atoms with Gasteiger partial charge in [0.25, 0.3) is 5.91 Å². The van der Waals surface area contributed by atoms with E-state index in [4.69, 9.17) is 5.73 Å². The zero-order valence-electron chi connectivity index (χ0n) is 16.9. The maximum absolute atomic E-state index is 12.1. The van der Waals surface area contributed by atoms with Gasteiger partial charge in [0.05, 0.1) is 0 Å². The average Bonchev–Trinajstić information content (AvgIpc) is 2.70. The van der Waals surface area contributed by atoms with E-state index in [0.717, 1.165) is 17.5 Å². The molecule has 4 N–H and O–H groups in total. The second kappa shape index (κ2) is 12.1. The minimum absolute atomic E-state index is 0. The monoisotopic (exact) mass is 509 g/mol. The summed E-state index contributed by atoms with van der Waals surface area (Å²) in [6.07, 6.45) is 0.766. The number of benzene rings is 2. The van der Waals surface area contributed by atoms with Crippen LogP contribution >= 0.6 is 24.0 Å². The third-order valence-corrected chi connectivity index (χ3v) is 4.21. The van der Waals surface area contributed by atoms with Gasteiger partial charge in [-0.1, -0.05) is 24.3 Å². The zero-order valence-corrected chi connectivity index (χ0v) is 19.3. The van der Waals surface area contributed by atoms with Gasteiger partial charge in [0.15, 0.2) is 5.96 Å². The molecule has 0 saturated heterocycles. The summed E-state index contributed by atoms with van der Waals surface area (Å²) in [6.45, 7) is 1.26. The number of hydrogen-bond donors (Lipinski definition) is 3. The largest absolute Gasteiger partial charge is 0.366 e. The lowest BCUT2D eigenvalue weighted by atomic mass is 10.1. The highest BCUT2D eigenvalue weighted by molar-refractivity contribution is 14.0. The number of amides is 2. The molecule has 0 spiro atoms. The predicted molar refractivity (Wildman–Crippen MR) is 127 cm³/mol. The smallest absolute Gasteiger partial charge is 0.253 e. The lowest BCUT2D eigenvalue weighted by molar-refractivity contribution is 0.0827. The number of carbonyl (C=O) groups is 2. The van der Waals surface area contributed by atoms with Crippen molar-refractivity contribution < 1.29 is 9.59 Å². The molecular formula is C21H28IN5O2. The van der Waals surface area contributed by atoms with Crippen LogP contribution in [0.4, 0.5) is 0 Å². The zero-order chi connectivity index (χ0) is 20.5. The lowest BCUT2D eigenvalue weighted by Crippen LogP contribution is -2.37. The molecule has 0 aliphatic heterocycles. The predicted octanol–water partition coefficient (Wildman–Crippen LogP) is 2.01. The Labute approximate surface area is 188 Å². The highest BCUT2D eigenvalue weighted by atomic mass is 127. The minimum atomic E-state index is -0.437. The van der Waals surface area contributed by atoms with Gasteiger partial charge in [-0.3, -0.25) is 14.6 Å². The molecule has 0 aliphatic carbocycles. The van der Waals surface area contributed by atoms with Crippen molar-refractivity contribution in [2.75, 3.05) is 27.7 Å². The molecule has 2 amide bonds. The van der Waals surface area contributed by atoms with Gasteiger partial charge >= 0.3 is 0 Å². The lowest BCUT2D eigenvalue weighted by Gasteiger charge is -2.13. The van der Waals surface area contributed by atoms with Crippen molar-refractivity contribution in [3.63, 3.8) is 0 Å². The minimum Gasteiger partial charge on any atom is -0.366 e. The molecule has 7 nitrogen and oxygen atoms in total. The van der Waals surface area contributed by atoms with Crippen LogP contribution < -0.4 is 16.4 Å². The van der Waals surface area contributed by atoms with Gasteiger partial charge in [0, 0.05) is 45.4 Å². The van der Waals surface area contributed by atoms with E-state index in [1.807, 2.05) is 36.4 Å². The number of nitrogens with one attached hydrogen (secondary N) is 2. The maximum atomic E-state index is 12.1. The van der Waals surface area contributed by atoms with Crippen LogP contribution in [0.5, 0.6) is 0 Å². The molecule has 0 fully saturated rings. The first-order valence-electron chi connectivity index (χ1n) is 9.04. The third-order valence-electron chi connectivity index (χ3n) is 4.21. The average molecular weight is 509 g/mol. The highest BCUT2D eigenvalue weighted by Gasteiger charge is 2.08. The molecule has 2 aromatic rings. The Morgan fingerprint density at radius 1 is 1.00 bits per heavy atom. The van der Waals surface area contributed by atoms with E-state index < -0.39 is 5.91 Å². The number of guanidine groups is 1. The molecule has 0 aromatic heterocycles. The quantitative estimate of drug-likeness (QED) is 0.302. The summed E-state index contributed by atoms with van der Waals surface area (Å²) < 4.78 is 0.